The quantitative estimate of drug-likeness (QED) is 0.851. The lowest BCUT2D eigenvalue weighted by Gasteiger charge is -2.32. The van der Waals surface area contributed by atoms with Crippen molar-refractivity contribution >= 4 is 5.91 Å². The first-order valence-electron chi connectivity index (χ1n) is 9.05. The van der Waals surface area contributed by atoms with Gasteiger partial charge in [0.15, 0.2) is 0 Å². The SMILES string of the molecule is Cc1cc(C)cc(C(=O)N2CCC(Oc3cc(C)n(C)c(=O)c3)CC2)c1. The lowest BCUT2D eigenvalue weighted by atomic mass is 10.0. The van der Waals surface area contributed by atoms with Crippen LogP contribution in [0.4, 0.5) is 0 Å². The second kappa shape index (κ2) is 7.36. The Bertz CT molecular complexity index is 857. The molecule has 0 radical (unpaired) electrons. The zero-order chi connectivity index (χ0) is 18.8. The predicted molar refractivity (Wildman–Crippen MR) is 102 cm³/mol. The highest BCUT2D eigenvalue weighted by molar-refractivity contribution is 5.94. The molecule has 0 aliphatic carbocycles. The Morgan fingerprint density at radius 3 is 2.19 bits per heavy atom. The number of ether oxygens (including phenoxy) is 1. The fourth-order valence-corrected chi connectivity index (χ4v) is 3.45. The highest BCUT2D eigenvalue weighted by Gasteiger charge is 2.25. The molecule has 0 spiro atoms. The number of benzene rings is 1. The summed E-state index contributed by atoms with van der Waals surface area (Å²) in [5.74, 6) is 0.698. The first-order valence-corrected chi connectivity index (χ1v) is 9.05. The Morgan fingerprint density at radius 2 is 1.62 bits per heavy atom. The Kier molecular flexibility index (Phi) is 5.16. The molecule has 0 N–H and O–H groups in total. The van der Waals surface area contributed by atoms with Gasteiger partial charge in [0, 0.05) is 50.3 Å². The van der Waals surface area contributed by atoms with Crippen molar-refractivity contribution in [2.75, 3.05) is 13.1 Å². The van der Waals surface area contributed by atoms with Crippen LogP contribution < -0.4 is 10.3 Å². The molecule has 1 aliphatic rings. The van der Waals surface area contributed by atoms with E-state index in [0.29, 0.717) is 18.8 Å². The van der Waals surface area contributed by atoms with Crippen molar-refractivity contribution in [3.63, 3.8) is 0 Å². The van der Waals surface area contributed by atoms with Crippen molar-refractivity contribution in [2.24, 2.45) is 7.05 Å². The summed E-state index contributed by atoms with van der Waals surface area (Å²) in [7, 11) is 1.75. The van der Waals surface area contributed by atoms with E-state index in [1.165, 1.54) is 6.07 Å². The summed E-state index contributed by atoms with van der Waals surface area (Å²) in [6.45, 7) is 7.24. The molecular formula is C21H26N2O3. The average molecular weight is 354 g/mol. The molecule has 1 aromatic heterocycles. The Morgan fingerprint density at radius 1 is 1.00 bits per heavy atom. The van der Waals surface area contributed by atoms with E-state index in [-0.39, 0.29) is 17.6 Å². The standard InChI is InChI=1S/C21H26N2O3/c1-14-9-15(2)11-17(10-14)21(25)23-7-5-18(6-8-23)26-19-12-16(3)22(4)20(24)13-19/h9-13,18H,5-8H2,1-4H3. The summed E-state index contributed by atoms with van der Waals surface area (Å²) in [4.78, 5) is 26.5. The van der Waals surface area contributed by atoms with Crippen LogP contribution in [0.15, 0.2) is 35.1 Å². The number of nitrogens with zero attached hydrogens (tertiary/aromatic N) is 2. The smallest absolute Gasteiger partial charge is 0.254 e. The van der Waals surface area contributed by atoms with Crippen molar-refractivity contribution in [2.45, 2.75) is 39.7 Å². The summed E-state index contributed by atoms with van der Waals surface area (Å²) >= 11 is 0. The highest BCUT2D eigenvalue weighted by atomic mass is 16.5. The monoisotopic (exact) mass is 354 g/mol. The van der Waals surface area contributed by atoms with E-state index >= 15 is 0 Å². The number of pyridine rings is 1. The number of hydrogen-bond donors (Lipinski definition) is 0. The molecule has 138 valence electrons. The third-order valence-corrected chi connectivity index (χ3v) is 4.98. The zero-order valence-electron chi connectivity index (χ0n) is 15.9. The van der Waals surface area contributed by atoms with Gasteiger partial charge in [0.25, 0.3) is 11.5 Å². The molecule has 0 unspecified atom stereocenters. The predicted octanol–water partition coefficient (Wildman–Crippen LogP) is 2.99. The number of carbonyl (C=O) groups is 1. The molecule has 2 aromatic rings. The van der Waals surface area contributed by atoms with Gasteiger partial charge in [-0.3, -0.25) is 9.59 Å². The van der Waals surface area contributed by atoms with Gasteiger partial charge in [-0.1, -0.05) is 17.2 Å². The molecule has 1 fully saturated rings. The van der Waals surface area contributed by atoms with Crippen LogP contribution in [0.5, 0.6) is 5.75 Å². The maximum absolute atomic E-state index is 12.7. The molecule has 2 heterocycles. The molecule has 5 heteroatoms. The summed E-state index contributed by atoms with van der Waals surface area (Å²) in [5.41, 5.74) is 3.77. The second-order valence-corrected chi connectivity index (χ2v) is 7.22. The zero-order valence-corrected chi connectivity index (χ0v) is 15.9. The summed E-state index contributed by atoms with van der Waals surface area (Å²) in [6, 6.07) is 9.37. The molecular weight excluding hydrogens is 328 g/mol. The molecule has 5 nitrogen and oxygen atoms in total. The van der Waals surface area contributed by atoms with E-state index in [2.05, 4.69) is 6.07 Å². The van der Waals surface area contributed by atoms with Crippen LogP contribution >= 0.6 is 0 Å². The molecule has 0 saturated carbocycles. The van der Waals surface area contributed by atoms with Gasteiger partial charge in [-0.2, -0.15) is 0 Å². The maximum atomic E-state index is 12.7. The number of hydrogen-bond acceptors (Lipinski definition) is 3. The fraction of sp³-hybridized carbons (Fsp3) is 0.429. The number of piperidine rings is 1. The summed E-state index contributed by atoms with van der Waals surface area (Å²) in [5, 5.41) is 0. The molecule has 26 heavy (non-hydrogen) atoms. The summed E-state index contributed by atoms with van der Waals surface area (Å²) < 4.78 is 7.59. The van der Waals surface area contributed by atoms with Crippen LogP contribution in [0, 0.1) is 20.8 Å². The van der Waals surface area contributed by atoms with Crippen molar-refractivity contribution in [3.05, 3.63) is 63.1 Å². The highest BCUT2D eigenvalue weighted by Crippen LogP contribution is 2.20. The molecule has 3 rings (SSSR count). The lowest BCUT2D eigenvalue weighted by Crippen LogP contribution is -2.42. The molecule has 1 amide bonds. The minimum Gasteiger partial charge on any atom is -0.490 e. The minimum atomic E-state index is -0.0672. The van der Waals surface area contributed by atoms with E-state index in [9.17, 15) is 9.59 Å². The Labute approximate surface area is 154 Å². The largest absolute Gasteiger partial charge is 0.490 e. The minimum absolute atomic E-state index is 0.0322. The van der Waals surface area contributed by atoms with Crippen LogP contribution in [0.1, 0.15) is 40.0 Å². The first kappa shape index (κ1) is 18.2. The molecule has 1 aliphatic heterocycles. The molecule has 0 bridgehead atoms. The Balaban J connectivity index is 1.62. The van der Waals surface area contributed by atoms with Crippen molar-refractivity contribution in [1.29, 1.82) is 0 Å². The van der Waals surface area contributed by atoms with Gasteiger partial charge in [-0.05, 0) is 39.0 Å². The number of carbonyl (C=O) groups excluding carboxylic acids is 1. The van der Waals surface area contributed by atoms with Gasteiger partial charge in [0.05, 0.1) is 0 Å². The summed E-state index contributed by atoms with van der Waals surface area (Å²) in [6.07, 6.45) is 1.57. The first-order chi connectivity index (χ1) is 12.3. The third kappa shape index (κ3) is 3.98. The number of likely N-dealkylation sites (tertiary alicyclic amines) is 1. The van der Waals surface area contributed by atoms with Crippen molar-refractivity contribution < 1.29 is 9.53 Å². The number of amides is 1. The normalized spacial score (nSPS) is 15.2. The maximum Gasteiger partial charge on any atom is 0.254 e. The molecule has 0 atom stereocenters. The van der Waals surface area contributed by atoms with E-state index in [4.69, 9.17) is 4.74 Å². The van der Waals surface area contributed by atoms with Crippen LogP contribution in [0.3, 0.4) is 0 Å². The second-order valence-electron chi connectivity index (χ2n) is 7.22. The van der Waals surface area contributed by atoms with Crippen LogP contribution in [0.2, 0.25) is 0 Å². The van der Waals surface area contributed by atoms with Crippen LogP contribution in [-0.4, -0.2) is 34.6 Å². The molecule has 1 aromatic carbocycles. The van der Waals surface area contributed by atoms with Gasteiger partial charge in [-0.25, -0.2) is 0 Å². The number of aromatic nitrogens is 1. The van der Waals surface area contributed by atoms with E-state index < -0.39 is 0 Å². The lowest BCUT2D eigenvalue weighted by molar-refractivity contribution is 0.0595. The van der Waals surface area contributed by atoms with Crippen molar-refractivity contribution in [1.82, 2.24) is 9.47 Å². The van der Waals surface area contributed by atoms with Gasteiger partial charge in [0.1, 0.15) is 11.9 Å². The van der Waals surface area contributed by atoms with Gasteiger partial charge < -0.3 is 14.2 Å². The average Bonchev–Trinajstić information content (AvgIpc) is 2.59. The van der Waals surface area contributed by atoms with Gasteiger partial charge in [0.2, 0.25) is 0 Å². The van der Waals surface area contributed by atoms with E-state index in [0.717, 1.165) is 35.2 Å². The van der Waals surface area contributed by atoms with Gasteiger partial charge >= 0.3 is 0 Å². The third-order valence-electron chi connectivity index (χ3n) is 4.98. The van der Waals surface area contributed by atoms with Gasteiger partial charge in [-0.15, -0.1) is 0 Å². The number of rotatable bonds is 3. The van der Waals surface area contributed by atoms with Crippen LogP contribution in [-0.2, 0) is 7.05 Å². The van der Waals surface area contributed by atoms with Crippen molar-refractivity contribution in [3.8, 4) is 5.75 Å². The van der Waals surface area contributed by atoms with E-state index in [1.807, 2.05) is 43.9 Å². The number of aryl methyl sites for hydroxylation is 3. The Hall–Kier alpha value is -2.56. The topological polar surface area (TPSA) is 51.5 Å². The fourth-order valence-electron chi connectivity index (χ4n) is 3.45. The van der Waals surface area contributed by atoms with E-state index in [1.54, 1.807) is 11.6 Å². The van der Waals surface area contributed by atoms with Crippen LogP contribution in [0.25, 0.3) is 0 Å². The molecule has 1 saturated heterocycles.